The van der Waals surface area contributed by atoms with E-state index in [4.69, 9.17) is 21.1 Å². The fraction of sp³-hybridized carbons (Fsp3) is 0.200. The van der Waals surface area contributed by atoms with Crippen molar-refractivity contribution >= 4 is 46.1 Å². The number of rotatable bonds is 7. The molecule has 1 N–H and O–H groups in total. The van der Waals surface area contributed by atoms with E-state index in [2.05, 4.69) is 10.3 Å². The van der Waals surface area contributed by atoms with E-state index in [1.807, 2.05) is 36.4 Å². The molecule has 0 bridgehead atoms. The number of benzene rings is 1. The molecule has 146 valence electrons. The second kappa shape index (κ2) is 9.43. The Labute approximate surface area is 172 Å². The lowest BCUT2D eigenvalue weighted by Crippen LogP contribution is -2.26. The Morgan fingerprint density at radius 2 is 1.89 bits per heavy atom. The van der Waals surface area contributed by atoms with Crippen molar-refractivity contribution in [3.8, 4) is 5.88 Å². The summed E-state index contributed by atoms with van der Waals surface area (Å²) in [4.78, 5) is 19.3. The van der Waals surface area contributed by atoms with Gasteiger partial charge in [-0.25, -0.2) is 14.7 Å². The Morgan fingerprint density at radius 3 is 2.46 bits per heavy atom. The summed E-state index contributed by atoms with van der Waals surface area (Å²) in [5.74, 6) is 0.473. The quantitative estimate of drug-likeness (QED) is 0.533. The van der Waals surface area contributed by atoms with E-state index in [1.165, 1.54) is 4.90 Å². The number of hydrogen-bond acceptors (Lipinski definition) is 6. The highest BCUT2D eigenvalue weighted by Gasteiger charge is 2.19. The molecule has 8 heteroatoms. The highest BCUT2D eigenvalue weighted by atomic mass is 35.5. The first kappa shape index (κ1) is 20.0. The van der Waals surface area contributed by atoms with Crippen LogP contribution in [0.5, 0.6) is 5.88 Å². The predicted octanol–water partition coefficient (Wildman–Crippen LogP) is 5.71. The maximum atomic E-state index is 12.5. The van der Waals surface area contributed by atoms with Crippen LogP contribution in [-0.4, -0.2) is 24.8 Å². The SMILES string of the molecule is CCOC(=O)N(c1ccc(NCc2ccc(Cl)s2)cc1)c1ccc(OC)nc1. The van der Waals surface area contributed by atoms with Gasteiger partial charge in [0.2, 0.25) is 5.88 Å². The van der Waals surface area contributed by atoms with Crippen LogP contribution in [0.25, 0.3) is 0 Å². The maximum Gasteiger partial charge on any atom is 0.418 e. The first-order valence-electron chi connectivity index (χ1n) is 8.65. The number of aromatic nitrogens is 1. The number of nitrogens with one attached hydrogen (secondary N) is 1. The Bertz CT molecular complexity index is 913. The first-order chi connectivity index (χ1) is 13.6. The van der Waals surface area contributed by atoms with Gasteiger partial charge in [-0.15, -0.1) is 11.3 Å². The zero-order chi connectivity index (χ0) is 19.9. The molecule has 0 spiro atoms. The summed E-state index contributed by atoms with van der Waals surface area (Å²) in [6, 6.07) is 14.9. The molecule has 0 saturated carbocycles. The Balaban J connectivity index is 1.78. The standard InChI is InChI=1S/C20H20ClN3O3S/c1-3-27-20(25)24(16-8-11-19(26-2)23-12-16)15-6-4-14(5-7-15)22-13-17-9-10-18(21)28-17/h4-12,22H,3,13H2,1-2H3. The lowest BCUT2D eigenvalue weighted by molar-refractivity contribution is 0.162. The molecule has 28 heavy (non-hydrogen) atoms. The molecule has 2 aromatic heterocycles. The van der Waals surface area contributed by atoms with Gasteiger partial charge in [0.1, 0.15) is 0 Å². The van der Waals surface area contributed by atoms with Gasteiger partial charge in [0.15, 0.2) is 0 Å². The number of thiophene rings is 1. The minimum absolute atomic E-state index is 0.280. The van der Waals surface area contributed by atoms with Crippen molar-refractivity contribution < 1.29 is 14.3 Å². The van der Waals surface area contributed by atoms with E-state index in [9.17, 15) is 4.79 Å². The number of hydrogen-bond donors (Lipinski definition) is 1. The lowest BCUT2D eigenvalue weighted by Gasteiger charge is -2.22. The van der Waals surface area contributed by atoms with Crippen molar-refractivity contribution in [1.82, 2.24) is 4.98 Å². The molecule has 0 unspecified atom stereocenters. The predicted molar refractivity (Wildman–Crippen MR) is 113 cm³/mol. The van der Waals surface area contributed by atoms with E-state index in [-0.39, 0.29) is 6.61 Å². The zero-order valence-electron chi connectivity index (χ0n) is 15.5. The van der Waals surface area contributed by atoms with E-state index in [1.54, 1.807) is 43.7 Å². The minimum Gasteiger partial charge on any atom is -0.481 e. The molecule has 0 radical (unpaired) electrons. The Morgan fingerprint density at radius 1 is 1.14 bits per heavy atom. The average Bonchev–Trinajstić information content (AvgIpc) is 3.13. The van der Waals surface area contributed by atoms with Crippen molar-refractivity contribution in [1.29, 1.82) is 0 Å². The van der Waals surface area contributed by atoms with E-state index >= 15 is 0 Å². The van der Waals surface area contributed by atoms with Crippen molar-refractivity contribution in [2.45, 2.75) is 13.5 Å². The zero-order valence-corrected chi connectivity index (χ0v) is 17.1. The molecule has 1 amide bonds. The highest BCUT2D eigenvalue weighted by Crippen LogP contribution is 2.28. The number of carbonyl (C=O) groups is 1. The van der Waals surface area contributed by atoms with E-state index in [0.29, 0.717) is 23.8 Å². The second-order valence-electron chi connectivity index (χ2n) is 5.70. The van der Waals surface area contributed by atoms with Gasteiger partial charge in [0, 0.05) is 23.2 Å². The van der Waals surface area contributed by atoms with Crippen LogP contribution in [0.15, 0.2) is 54.7 Å². The summed E-state index contributed by atoms with van der Waals surface area (Å²) >= 11 is 7.50. The summed E-state index contributed by atoms with van der Waals surface area (Å²) in [6.07, 6.45) is 1.10. The van der Waals surface area contributed by atoms with Gasteiger partial charge in [0.05, 0.1) is 35.6 Å². The number of amides is 1. The average molecular weight is 418 g/mol. The summed E-state index contributed by atoms with van der Waals surface area (Å²) in [6.45, 7) is 2.73. The van der Waals surface area contributed by atoms with Gasteiger partial charge < -0.3 is 14.8 Å². The third kappa shape index (κ3) is 4.94. The molecule has 0 atom stereocenters. The number of halogens is 1. The van der Waals surface area contributed by atoms with Gasteiger partial charge in [-0.05, 0) is 49.4 Å². The monoisotopic (exact) mass is 417 g/mol. The number of carbonyl (C=O) groups excluding carboxylic acids is 1. The Hall–Kier alpha value is -2.77. The summed E-state index contributed by atoms with van der Waals surface area (Å²) in [5.41, 5.74) is 2.20. The molecular formula is C20H20ClN3O3S. The van der Waals surface area contributed by atoms with Crippen LogP contribution in [0, 0.1) is 0 Å². The van der Waals surface area contributed by atoms with Crippen molar-refractivity contribution in [2.75, 3.05) is 23.9 Å². The third-order valence-corrected chi connectivity index (χ3v) is 5.09. The molecule has 0 aliphatic carbocycles. The molecule has 0 aliphatic rings. The molecule has 1 aromatic carbocycles. The molecule has 0 aliphatic heterocycles. The van der Waals surface area contributed by atoms with Crippen LogP contribution in [0.4, 0.5) is 21.9 Å². The van der Waals surface area contributed by atoms with Crippen molar-refractivity contribution in [3.05, 3.63) is 63.9 Å². The number of pyridine rings is 1. The summed E-state index contributed by atoms with van der Waals surface area (Å²) in [5, 5.41) is 3.34. The summed E-state index contributed by atoms with van der Waals surface area (Å²) in [7, 11) is 1.54. The van der Waals surface area contributed by atoms with Crippen LogP contribution in [0.2, 0.25) is 4.34 Å². The van der Waals surface area contributed by atoms with E-state index in [0.717, 1.165) is 14.9 Å². The van der Waals surface area contributed by atoms with Crippen molar-refractivity contribution in [2.24, 2.45) is 0 Å². The topological polar surface area (TPSA) is 63.7 Å². The number of anilines is 3. The molecule has 3 rings (SSSR count). The van der Waals surface area contributed by atoms with Crippen molar-refractivity contribution in [3.63, 3.8) is 0 Å². The Kier molecular flexibility index (Phi) is 6.73. The minimum atomic E-state index is -0.469. The van der Waals surface area contributed by atoms with Crippen LogP contribution >= 0.6 is 22.9 Å². The van der Waals surface area contributed by atoms with Crippen LogP contribution in [0.1, 0.15) is 11.8 Å². The fourth-order valence-electron chi connectivity index (χ4n) is 2.54. The van der Waals surface area contributed by atoms with Crippen LogP contribution < -0.4 is 15.0 Å². The van der Waals surface area contributed by atoms with Gasteiger partial charge >= 0.3 is 6.09 Å². The normalized spacial score (nSPS) is 10.4. The van der Waals surface area contributed by atoms with E-state index < -0.39 is 6.09 Å². The molecule has 0 fully saturated rings. The number of ether oxygens (including phenoxy) is 2. The van der Waals surface area contributed by atoms with Gasteiger partial charge in [0.25, 0.3) is 0 Å². The smallest absolute Gasteiger partial charge is 0.418 e. The fourth-order valence-corrected chi connectivity index (χ4v) is 3.56. The van der Waals surface area contributed by atoms with Crippen LogP contribution in [-0.2, 0) is 11.3 Å². The molecule has 3 aromatic rings. The van der Waals surface area contributed by atoms with Crippen LogP contribution in [0.3, 0.4) is 0 Å². The largest absolute Gasteiger partial charge is 0.481 e. The van der Waals surface area contributed by atoms with Gasteiger partial charge in [-0.3, -0.25) is 0 Å². The molecule has 2 heterocycles. The second-order valence-corrected chi connectivity index (χ2v) is 7.50. The number of nitrogens with zero attached hydrogens (tertiary/aromatic N) is 2. The maximum absolute atomic E-state index is 12.5. The molecule has 0 saturated heterocycles. The highest BCUT2D eigenvalue weighted by molar-refractivity contribution is 7.16. The third-order valence-electron chi connectivity index (χ3n) is 3.86. The summed E-state index contributed by atoms with van der Waals surface area (Å²) < 4.78 is 11.1. The number of methoxy groups -OCH3 is 1. The van der Waals surface area contributed by atoms with Gasteiger partial charge in [-0.2, -0.15) is 0 Å². The molecular weight excluding hydrogens is 398 g/mol. The lowest BCUT2D eigenvalue weighted by atomic mass is 10.2. The van der Waals surface area contributed by atoms with Gasteiger partial charge in [-0.1, -0.05) is 11.6 Å². The molecule has 6 nitrogen and oxygen atoms in total. The first-order valence-corrected chi connectivity index (χ1v) is 9.85.